The summed E-state index contributed by atoms with van der Waals surface area (Å²) >= 11 is 0. The molecule has 1 saturated heterocycles. The molecule has 1 aliphatic rings. The van der Waals surface area contributed by atoms with E-state index in [-0.39, 0.29) is 50.8 Å². The molecule has 0 bridgehead atoms. The van der Waals surface area contributed by atoms with Gasteiger partial charge in [0.15, 0.2) is 0 Å². The van der Waals surface area contributed by atoms with E-state index in [2.05, 4.69) is 16.0 Å². The van der Waals surface area contributed by atoms with Gasteiger partial charge in [0.2, 0.25) is 11.8 Å². The van der Waals surface area contributed by atoms with Crippen LogP contribution in [0.4, 0.5) is 9.59 Å². The Morgan fingerprint density at radius 1 is 0.780 bits per heavy atom. The Balaban J connectivity index is 1.41. The van der Waals surface area contributed by atoms with E-state index in [1.807, 2.05) is 107 Å². The van der Waals surface area contributed by atoms with Crippen LogP contribution in [0.5, 0.6) is 5.75 Å². The zero-order chi connectivity index (χ0) is 43.0. The molecule has 0 saturated carbocycles. The van der Waals surface area contributed by atoms with Gasteiger partial charge < -0.3 is 39.8 Å². The molecule has 3 aromatic rings. The smallest absolute Gasteiger partial charge is 0.410 e. The third-order valence-corrected chi connectivity index (χ3v) is 9.51. The molecule has 13 nitrogen and oxygen atoms in total. The van der Waals surface area contributed by atoms with Crippen LogP contribution >= 0.6 is 0 Å². The van der Waals surface area contributed by atoms with Crippen LogP contribution in [0.15, 0.2) is 78.9 Å². The summed E-state index contributed by atoms with van der Waals surface area (Å²) in [6, 6.07) is 22.4. The van der Waals surface area contributed by atoms with Gasteiger partial charge in [0.25, 0.3) is 0 Å². The van der Waals surface area contributed by atoms with Crippen LogP contribution in [0.25, 0.3) is 0 Å². The summed E-state index contributed by atoms with van der Waals surface area (Å²) < 4.78 is 22.5. The molecule has 0 radical (unpaired) electrons. The lowest BCUT2D eigenvalue weighted by Crippen LogP contribution is -2.53. The minimum absolute atomic E-state index is 0.0000305. The Morgan fingerprint density at radius 3 is 2.08 bits per heavy atom. The average Bonchev–Trinajstić information content (AvgIpc) is 3.66. The van der Waals surface area contributed by atoms with E-state index < -0.39 is 47.2 Å². The molecule has 1 heterocycles. The van der Waals surface area contributed by atoms with E-state index in [1.54, 1.807) is 25.7 Å². The van der Waals surface area contributed by atoms with Gasteiger partial charge >= 0.3 is 18.2 Å². The van der Waals surface area contributed by atoms with Crippen molar-refractivity contribution in [3.8, 4) is 5.75 Å². The molecular formula is C46H62N4O9. The van der Waals surface area contributed by atoms with Gasteiger partial charge in [0.05, 0.1) is 6.61 Å². The summed E-state index contributed by atoms with van der Waals surface area (Å²) in [7, 11) is 0. The number of benzene rings is 3. The molecule has 4 rings (SSSR count). The third kappa shape index (κ3) is 17.0. The van der Waals surface area contributed by atoms with Gasteiger partial charge in [-0.2, -0.15) is 0 Å². The number of amides is 4. The minimum Gasteiger partial charge on any atom is -0.493 e. The molecule has 1 aliphatic heterocycles. The van der Waals surface area contributed by atoms with Gasteiger partial charge in [0.1, 0.15) is 35.6 Å². The predicted octanol–water partition coefficient (Wildman–Crippen LogP) is 7.17. The number of hydrogen-bond acceptors (Lipinski definition) is 9. The lowest BCUT2D eigenvalue weighted by molar-refractivity contribution is -0.155. The van der Waals surface area contributed by atoms with E-state index in [9.17, 15) is 24.0 Å². The Hall–Kier alpha value is -5.59. The molecule has 3 aromatic carbocycles. The summed E-state index contributed by atoms with van der Waals surface area (Å²) in [6.45, 7) is 14.6. The van der Waals surface area contributed by atoms with E-state index in [0.29, 0.717) is 31.9 Å². The van der Waals surface area contributed by atoms with Crippen molar-refractivity contribution in [2.45, 2.75) is 123 Å². The number of carbonyl (C=O) groups is 5. The van der Waals surface area contributed by atoms with Gasteiger partial charge in [-0.05, 0) is 115 Å². The van der Waals surface area contributed by atoms with E-state index >= 15 is 0 Å². The largest absolute Gasteiger partial charge is 0.493 e. The lowest BCUT2D eigenvalue weighted by atomic mass is 10.0. The quantitative estimate of drug-likeness (QED) is 0.0893. The highest BCUT2D eigenvalue weighted by Crippen LogP contribution is 2.23. The van der Waals surface area contributed by atoms with Crippen molar-refractivity contribution < 1.29 is 42.9 Å². The summed E-state index contributed by atoms with van der Waals surface area (Å²) in [5.41, 5.74) is 2.33. The van der Waals surface area contributed by atoms with Gasteiger partial charge in [-0.25, -0.2) is 9.59 Å². The third-order valence-electron chi connectivity index (χ3n) is 9.51. The van der Waals surface area contributed by atoms with Crippen LogP contribution in [0.2, 0.25) is 0 Å². The van der Waals surface area contributed by atoms with Crippen LogP contribution in [0.3, 0.4) is 0 Å². The number of alkyl carbamates (subject to hydrolysis) is 1. The van der Waals surface area contributed by atoms with Crippen molar-refractivity contribution in [3.05, 3.63) is 101 Å². The Bertz CT molecular complexity index is 1840. The highest BCUT2D eigenvalue weighted by Gasteiger charge is 2.31. The number of carbonyl (C=O) groups excluding carboxylic acids is 5. The molecule has 0 aromatic heterocycles. The maximum Gasteiger partial charge on any atom is 0.410 e. The van der Waals surface area contributed by atoms with E-state index in [4.69, 9.17) is 18.9 Å². The van der Waals surface area contributed by atoms with Crippen molar-refractivity contribution in [3.63, 3.8) is 0 Å². The number of nitrogens with one attached hydrogen (secondary N) is 3. The molecule has 1 fully saturated rings. The summed E-state index contributed by atoms with van der Waals surface area (Å²) in [5, 5.41) is 8.53. The lowest BCUT2D eigenvalue weighted by Gasteiger charge is -2.24. The molecule has 320 valence electrons. The van der Waals surface area contributed by atoms with Crippen LogP contribution in [-0.4, -0.2) is 77.9 Å². The molecule has 1 unspecified atom stereocenters. The summed E-state index contributed by atoms with van der Waals surface area (Å²) in [5.74, 6) is -0.599. The first-order valence-electron chi connectivity index (χ1n) is 20.5. The van der Waals surface area contributed by atoms with Crippen LogP contribution in [-0.2, 0) is 48.2 Å². The van der Waals surface area contributed by atoms with Crippen LogP contribution in [0.1, 0.15) is 95.9 Å². The van der Waals surface area contributed by atoms with Crippen LogP contribution in [0, 0.1) is 12.8 Å². The normalized spacial score (nSPS) is 15.0. The second kappa shape index (κ2) is 22.0. The maximum absolute atomic E-state index is 13.9. The fourth-order valence-electron chi connectivity index (χ4n) is 6.42. The molecule has 4 amide bonds. The van der Waals surface area contributed by atoms with Crippen molar-refractivity contribution in [2.24, 2.45) is 5.92 Å². The SMILES string of the molecule is Cc1ccc(OCC2CCN(C(=O)OC(C)(C)C)C2)cc1CNC(=O)[C@H](CCc1ccccc1)NC(=O)[C@H](CCCC(=O)OC(C)(C)C)NC(=O)OCc1ccccc1. The molecule has 3 N–H and O–H groups in total. The molecule has 3 atom stereocenters. The Labute approximate surface area is 348 Å². The van der Waals surface area contributed by atoms with Crippen molar-refractivity contribution in [2.75, 3.05) is 19.7 Å². The topological polar surface area (TPSA) is 162 Å². The van der Waals surface area contributed by atoms with Gasteiger partial charge in [-0.15, -0.1) is 0 Å². The van der Waals surface area contributed by atoms with E-state index in [0.717, 1.165) is 28.7 Å². The number of hydrogen-bond donors (Lipinski definition) is 3. The van der Waals surface area contributed by atoms with Gasteiger partial charge in [0, 0.05) is 32.0 Å². The molecule has 59 heavy (non-hydrogen) atoms. The number of aryl methyl sites for hydroxylation is 2. The molecule has 0 spiro atoms. The first-order chi connectivity index (χ1) is 27.9. The standard InChI is InChI=1S/C46H62N4O9/c1-32-21-23-37(56-31-35-25-26-50(29-35)44(55)59-46(5,6)7)27-36(32)28-47-41(52)39(24-22-33-15-10-8-11-16-33)48-42(53)38(19-14-20-40(51)58-45(2,3)4)49-43(54)57-30-34-17-12-9-13-18-34/h8-13,15-18,21,23,27,35,38-39H,14,19-20,22,24-26,28-31H2,1-7H3,(H,47,52)(H,48,53)(H,49,54)/t35?,38-,39-/m0/s1. The second-order valence-electron chi connectivity index (χ2n) is 17.0. The summed E-state index contributed by atoms with van der Waals surface area (Å²) in [4.78, 5) is 67.5. The molecular weight excluding hydrogens is 753 g/mol. The first kappa shape index (κ1) is 46.1. The number of ether oxygens (including phenoxy) is 4. The van der Waals surface area contributed by atoms with Crippen molar-refractivity contribution >= 4 is 30.0 Å². The van der Waals surface area contributed by atoms with Crippen LogP contribution < -0.4 is 20.7 Å². The van der Waals surface area contributed by atoms with Gasteiger partial charge in [-0.3, -0.25) is 14.4 Å². The zero-order valence-corrected chi connectivity index (χ0v) is 35.6. The molecule has 13 heteroatoms. The number of esters is 1. The fourth-order valence-corrected chi connectivity index (χ4v) is 6.42. The highest BCUT2D eigenvalue weighted by molar-refractivity contribution is 5.91. The maximum atomic E-state index is 13.9. The zero-order valence-electron chi connectivity index (χ0n) is 35.6. The average molecular weight is 815 g/mol. The van der Waals surface area contributed by atoms with E-state index in [1.165, 1.54) is 0 Å². The fraction of sp³-hybridized carbons (Fsp3) is 0.500. The molecule has 0 aliphatic carbocycles. The Kier molecular flexibility index (Phi) is 17.2. The number of likely N-dealkylation sites (tertiary alicyclic amines) is 1. The number of nitrogens with zero attached hydrogens (tertiary/aromatic N) is 1. The minimum atomic E-state index is -1.10. The highest BCUT2D eigenvalue weighted by atomic mass is 16.6. The van der Waals surface area contributed by atoms with Crippen molar-refractivity contribution in [1.29, 1.82) is 0 Å². The Morgan fingerprint density at radius 2 is 1.42 bits per heavy atom. The first-order valence-corrected chi connectivity index (χ1v) is 20.5. The van der Waals surface area contributed by atoms with Gasteiger partial charge in [-0.1, -0.05) is 66.7 Å². The van der Waals surface area contributed by atoms with Crippen molar-refractivity contribution in [1.82, 2.24) is 20.9 Å². The monoisotopic (exact) mass is 814 g/mol. The second-order valence-corrected chi connectivity index (χ2v) is 17.0. The predicted molar refractivity (Wildman–Crippen MR) is 224 cm³/mol. The summed E-state index contributed by atoms with van der Waals surface area (Å²) in [6.07, 6.45) is 0.850. The number of rotatable bonds is 18.